The summed E-state index contributed by atoms with van der Waals surface area (Å²) < 4.78 is 28.9. The molecule has 0 aliphatic carbocycles. The monoisotopic (exact) mass is 375 g/mol. The number of amides is 1. The smallest absolute Gasteiger partial charge is 0.232 e. The second-order valence-corrected chi connectivity index (χ2v) is 9.38. The third kappa shape index (κ3) is 3.25. The predicted octanol–water partition coefficient (Wildman–Crippen LogP) is 1.52. The van der Waals surface area contributed by atoms with Crippen LogP contribution < -0.4 is 0 Å². The maximum atomic E-state index is 12.9. The van der Waals surface area contributed by atoms with Crippen LogP contribution in [0.5, 0.6) is 0 Å². The molecule has 0 radical (unpaired) electrons. The summed E-state index contributed by atoms with van der Waals surface area (Å²) in [6.07, 6.45) is 0.415. The van der Waals surface area contributed by atoms with E-state index in [0.29, 0.717) is 31.2 Å². The molecule has 0 spiro atoms. The highest BCUT2D eigenvalue weighted by atomic mass is 32.2. The zero-order valence-corrected chi connectivity index (χ0v) is 15.4. The molecule has 7 nitrogen and oxygen atoms in total. The Morgan fingerprint density at radius 1 is 1.19 bits per heavy atom. The molecular formula is C18H21N3O4S. The van der Waals surface area contributed by atoms with Crippen molar-refractivity contribution in [2.75, 3.05) is 24.6 Å². The molecule has 0 saturated carbocycles. The van der Waals surface area contributed by atoms with E-state index in [1.807, 2.05) is 30.3 Å². The normalized spacial score (nSPS) is 27.7. The summed E-state index contributed by atoms with van der Waals surface area (Å²) >= 11 is 0. The Bertz CT molecular complexity index is 910. The third-order valence-corrected chi connectivity index (χ3v) is 7.07. The highest BCUT2D eigenvalue weighted by Crippen LogP contribution is 2.40. The Morgan fingerprint density at radius 2 is 1.92 bits per heavy atom. The van der Waals surface area contributed by atoms with E-state index in [-0.39, 0.29) is 29.2 Å². The van der Waals surface area contributed by atoms with Crippen molar-refractivity contribution in [2.24, 2.45) is 5.92 Å². The molecule has 8 heteroatoms. The average Bonchev–Trinajstić information content (AvgIpc) is 3.33. The molecule has 1 amide bonds. The van der Waals surface area contributed by atoms with Gasteiger partial charge in [-0.3, -0.25) is 4.79 Å². The average molecular weight is 375 g/mol. The predicted molar refractivity (Wildman–Crippen MR) is 94.3 cm³/mol. The molecule has 1 aromatic heterocycles. The molecule has 0 N–H and O–H groups in total. The molecular weight excluding hydrogens is 354 g/mol. The molecule has 26 heavy (non-hydrogen) atoms. The fourth-order valence-corrected chi connectivity index (χ4v) is 5.72. The molecule has 0 bridgehead atoms. The van der Waals surface area contributed by atoms with Gasteiger partial charge in [0.05, 0.1) is 23.3 Å². The van der Waals surface area contributed by atoms with E-state index in [4.69, 9.17) is 4.52 Å². The summed E-state index contributed by atoms with van der Waals surface area (Å²) in [5.41, 5.74) is 1.11. The van der Waals surface area contributed by atoms with Crippen LogP contribution in [0.15, 0.2) is 34.9 Å². The number of carbonyl (C=O) groups is 1. The van der Waals surface area contributed by atoms with Crippen molar-refractivity contribution < 1.29 is 17.7 Å². The van der Waals surface area contributed by atoms with Gasteiger partial charge in [-0.2, -0.15) is 4.98 Å². The lowest BCUT2D eigenvalue weighted by Gasteiger charge is -2.19. The minimum atomic E-state index is -3.09. The Morgan fingerprint density at radius 3 is 2.54 bits per heavy atom. The van der Waals surface area contributed by atoms with Crippen LogP contribution in [0.3, 0.4) is 0 Å². The molecule has 2 fully saturated rings. The Labute approximate surface area is 152 Å². The van der Waals surface area contributed by atoms with Crippen LogP contribution in [0.25, 0.3) is 0 Å². The van der Waals surface area contributed by atoms with Crippen molar-refractivity contribution >= 4 is 15.7 Å². The number of sulfone groups is 1. The minimum Gasteiger partial charge on any atom is -0.341 e. The standard InChI is InChI=1S/C18H21N3O4S/c1-12-19-17(25-20-12)16-10-21(9-15(16)13-5-3-2-4-6-13)18(22)14-7-8-26(23,24)11-14/h2-6,14-16H,7-11H2,1H3/t14-,15+,16+/m0/s1. The summed E-state index contributed by atoms with van der Waals surface area (Å²) in [6.45, 7) is 2.77. The Hall–Kier alpha value is -2.22. The fourth-order valence-electron chi connectivity index (χ4n) is 3.98. The summed E-state index contributed by atoms with van der Waals surface area (Å²) in [7, 11) is -3.09. The van der Waals surface area contributed by atoms with E-state index in [0.717, 1.165) is 5.56 Å². The van der Waals surface area contributed by atoms with Gasteiger partial charge in [-0.15, -0.1) is 0 Å². The highest BCUT2D eigenvalue weighted by Gasteiger charge is 2.43. The van der Waals surface area contributed by atoms with Gasteiger partial charge in [0.2, 0.25) is 11.8 Å². The van der Waals surface area contributed by atoms with E-state index >= 15 is 0 Å². The van der Waals surface area contributed by atoms with Gasteiger partial charge in [0.15, 0.2) is 15.7 Å². The highest BCUT2D eigenvalue weighted by molar-refractivity contribution is 7.91. The molecule has 2 aromatic rings. The summed E-state index contributed by atoms with van der Waals surface area (Å²) in [5, 5.41) is 3.89. The number of likely N-dealkylation sites (tertiary alicyclic amines) is 1. The van der Waals surface area contributed by atoms with Gasteiger partial charge in [-0.05, 0) is 18.9 Å². The molecule has 138 valence electrons. The van der Waals surface area contributed by atoms with Gasteiger partial charge in [0.1, 0.15) is 0 Å². The molecule has 2 saturated heterocycles. The van der Waals surface area contributed by atoms with Gasteiger partial charge in [0.25, 0.3) is 0 Å². The van der Waals surface area contributed by atoms with E-state index < -0.39 is 15.8 Å². The van der Waals surface area contributed by atoms with Gasteiger partial charge in [-0.25, -0.2) is 8.42 Å². The topological polar surface area (TPSA) is 93.4 Å². The van der Waals surface area contributed by atoms with Crippen molar-refractivity contribution in [2.45, 2.75) is 25.2 Å². The zero-order valence-electron chi connectivity index (χ0n) is 14.5. The third-order valence-electron chi connectivity index (χ3n) is 5.30. The lowest BCUT2D eigenvalue weighted by Crippen LogP contribution is -2.35. The first-order chi connectivity index (χ1) is 12.4. The molecule has 4 rings (SSSR count). The Kier molecular flexibility index (Phi) is 4.30. The number of aromatic nitrogens is 2. The SMILES string of the molecule is Cc1noc([C@@H]2CN(C(=O)[C@H]3CCS(=O)(=O)C3)C[C@@H]2c2ccccc2)n1. The van der Waals surface area contributed by atoms with E-state index in [9.17, 15) is 13.2 Å². The largest absolute Gasteiger partial charge is 0.341 e. The van der Waals surface area contributed by atoms with E-state index in [1.54, 1.807) is 11.8 Å². The number of hydrogen-bond acceptors (Lipinski definition) is 6. The maximum Gasteiger partial charge on any atom is 0.232 e. The first-order valence-electron chi connectivity index (χ1n) is 8.77. The molecule has 1 aromatic carbocycles. The van der Waals surface area contributed by atoms with Crippen LogP contribution in [0, 0.1) is 12.8 Å². The molecule has 2 aliphatic heterocycles. The number of carbonyl (C=O) groups excluding carboxylic acids is 1. The van der Waals surface area contributed by atoms with Crippen LogP contribution in [-0.4, -0.2) is 54.0 Å². The lowest BCUT2D eigenvalue weighted by molar-refractivity contribution is -0.133. The fraction of sp³-hybridized carbons (Fsp3) is 0.500. The van der Waals surface area contributed by atoms with Gasteiger partial charge < -0.3 is 9.42 Å². The van der Waals surface area contributed by atoms with Crippen LogP contribution in [0.1, 0.15) is 35.5 Å². The van der Waals surface area contributed by atoms with Crippen molar-refractivity contribution in [1.82, 2.24) is 15.0 Å². The number of benzene rings is 1. The Balaban J connectivity index is 1.60. The summed E-state index contributed by atoms with van der Waals surface area (Å²) in [5.74, 6) is 0.627. The molecule has 0 unspecified atom stereocenters. The van der Waals surface area contributed by atoms with Crippen LogP contribution in [-0.2, 0) is 14.6 Å². The van der Waals surface area contributed by atoms with Crippen molar-refractivity contribution in [1.29, 1.82) is 0 Å². The number of aryl methyl sites for hydroxylation is 1. The summed E-state index contributed by atoms with van der Waals surface area (Å²) in [4.78, 5) is 19.0. The first kappa shape index (κ1) is 17.2. The van der Waals surface area contributed by atoms with Crippen LogP contribution in [0.4, 0.5) is 0 Å². The van der Waals surface area contributed by atoms with E-state index in [1.165, 1.54) is 0 Å². The second-order valence-electron chi connectivity index (χ2n) is 7.15. The number of nitrogens with zero attached hydrogens (tertiary/aromatic N) is 3. The number of rotatable bonds is 3. The second kappa shape index (κ2) is 6.50. The number of hydrogen-bond donors (Lipinski definition) is 0. The van der Waals surface area contributed by atoms with E-state index in [2.05, 4.69) is 10.1 Å². The molecule has 3 atom stereocenters. The minimum absolute atomic E-state index is 0.0390. The van der Waals surface area contributed by atoms with Crippen molar-refractivity contribution in [3.63, 3.8) is 0 Å². The van der Waals surface area contributed by atoms with Crippen LogP contribution in [0.2, 0.25) is 0 Å². The molecule has 2 aliphatic rings. The van der Waals surface area contributed by atoms with Crippen molar-refractivity contribution in [3.8, 4) is 0 Å². The van der Waals surface area contributed by atoms with Gasteiger partial charge in [-0.1, -0.05) is 35.5 Å². The van der Waals surface area contributed by atoms with Crippen LogP contribution >= 0.6 is 0 Å². The van der Waals surface area contributed by atoms with Gasteiger partial charge >= 0.3 is 0 Å². The van der Waals surface area contributed by atoms with Crippen molar-refractivity contribution in [3.05, 3.63) is 47.6 Å². The summed E-state index contributed by atoms with van der Waals surface area (Å²) in [6, 6.07) is 9.97. The quantitative estimate of drug-likeness (QED) is 0.807. The van der Waals surface area contributed by atoms with Gasteiger partial charge in [0, 0.05) is 19.0 Å². The zero-order chi connectivity index (χ0) is 18.3. The molecule has 3 heterocycles. The maximum absolute atomic E-state index is 12.9. The first-order valence-corrected chi connectivity index (χ1v) is 10.6. The lowest BCUT2D eigenvalue weighted by atomic mass is 9.89.